The molecule has 5 heteroatoms. The molecular formula is C15H15N3O2. The summed E-state index contributed by atoms with van der Waals surface area (Å²) in [4.78, 5) is 27.4. The summed E-state index contributed by atoms with van der Waals surface area (Å²) in [5, 5.41) is 0. The van der Waals surface area contributed by atoms with E-state index in [0.29, 0.717) is 16.8 Å². The summed E-state index contributed by atoms with van der Waals surface area (Å²) in [5.74, 6) is -0.370. The van der Waals surface area contributed by atoms with Gasteiger partial charge in [0.2, 0.25) is 0 Å². The first-order valence-corrected chi connectivity index (χ1v) is 6.16. The smallest absolute Gasteiger partial charge is 0.269 e. The summed E-state index contributed by atoms with van der Waals surface area (Å²) in [6.07, 6.45) is 8.14. The van der Waals surface area contributed by atoms with Gasteiger partial charge in [-0.25, -0.2) is 0 Å². The maximum Gasteiger partial charge on any atom is 0.269 e. The summed E-state index contributed by atoms with van der Waals surface area (Å²) >= 11 is 0. The zero-order valence-electron chi connectivity index (χ0n) is 11.3. The van der Waals surface area contributed by atoms with E-state index >= 15 is 0 Å². The molecule has 0 spiro atoms. The topological polar surface area (TPSA) is 71.1 Å². The number of rotatable bonds is 3. The Bertz CT molecular complexity index is 628. The average Bonchev–Trinajstić information content (AvgIpc) is 2.47. The molecule has 0 radical (unpaired) electrons. The highest BCUT2D eigenvalue weighted by molar-refractivity contribution is 6.08. The van der Waals surface area contributed by atoms with Crippen molar-refractivity contribution in [1.29, 1.82) is 0 Å². The van der Waals surface area contributed by atoms with Gasteiger partial charge >= 0.3 is 0 Å². The fourth-order valence-electron chi connectivity index (χ4n) is 1.73. The number of hydrazine groups is 1. The zero-order chi connectivity index (χ0) is 14.5. The Balaban J connectivity index is 2.06. The maximum atomic E-state index is 11.8. The van der Waals surface area contributed by atoms with Crippen LogP contribution >= 0.6 is 0 Å². The van der Waals surface area contributed by atoms with Crippen molar-refractivity contribution in [2.24, 2.45) is 0 Å². The van der Waals surface area contributed by atoms with Crippen molar-refractivity contribution >= 4 is 11.7 Å². The molecule has 0 bridgehead atoms. The second kappa shape index (κ2) is 5.97. The molecule has 0 fully saturated rings. The second-order valence-electron chi connectivity index (χ2n) is 4.44. The monoisotopic (exact) mass is 269 g/mol. The van der Waals surface area contributed by atoms with Crippen molar-refractivity contribution in [1.82, 2.24) is 15.8 Å². The molecule has 1 heterocycles. The number of allylic oxidation sites excluding steroid dienone is 6. The van der Waals surface area contributed by atoms with Gasteiger partial charge in [0.05, 0.1) is 0 Å². The molecule has 5 nitrogen and oxygen atoms in total. The van der Waals surface area contributed by atoms with E-state index < -0.39 is 0 Å². The normalized spacial score (nSPS) is 16.5. The molecule has 0 saturated heterocycles. The molecule has 1 aliphatic rings. The van der Waals surface area contributed by atoms with Gasteiger partial charge in [-0.3, -0.25) is 20.0 Å². The third-order valence-corrected chi connectivity index (χ3v) is 2.85. The minimum Gasteiger partial charge on any atom is -0.302 e. The third kappa shape index (κ3) is 3.20. The van der Waals surface area contributed by atoms with Crippen LogP contribution < -0.4 is 10.9 Å². The molecule has 20 heavy (non-hydrogen) atoms. The van der Waals surface area contributed by atoms with Crippen LogP contribution in [0.3, 0.4) is 0 Å². The summed E-state index contributed by atoms with van der Waals surface area (Å²) in [6.45, 7) is 3.65. The molecule has 0 aromatic carbocycles. The van der Waals surface area contributed by atoms with E-state index in [1.165, 1.54) is 6.08 Å². The first-order valence-electron chi connectivity index (χ1n) is 6.16. The van der Waals surface area contributed by atoms with Crippen LogP contribution in [-0.2, 0) is 4.79 Å². The number of amides is 1. The van der Waals surface area contributed by atoms with Gasteiger partial charge in [0.25, 0.3) is 5.91 Å². The maximum absolute atomic E-state index is 11.8. The Morgan fingerprint density at radius 1 is 1.15 bits per heavy atom. The first kappa shape index (κ1) is 13.7. The number of carbonyl (C=O) groups excluding carboxylic acids is 2. The van der Waals surface area contributed by atoms with Gasteiger partial charge in [-0.05, 0) is 38.1 Å². The SMILES string of the molecule is CC1=C/C(=C(\C)NNC(=O)c2ccncc2)C(=O)C=C1. The van der Waals surface area contributed by atoms with Crippen molar-refractivity contribution in [2.45, 2.75) is 13.8 Å². The highest BCUT2D eigenvalue weighted by Gasteiger charge is 2.12. The number of nitrogens with zero attached hydrogens (tertiary/aromatic N) is 1. The van der Waals surface area contributed by atoms with Gasteiger partial charge < -0.3 is 5.43 Å². The molecule has 0 saturated carbocycles. The van der Waals surface area contributed by atoms with Crippen molar-refractivity contribution in [2.75, 3.05) is 0 Å². The van der Waals surface area contributed by atoms with Gasteiger partial charge in [-0.1, -0.05) is 11.6 Å². The van der Waals surface area contributed by atoms with E-state index in [2.05, 4.69) is 15.8 Å². The van der Waals surface area contributed by atoms with E-state index in [-0.39, 0.29) is 11.7 Å². The van der Waals surface area contributed by atoms with Crippen molar-refractivity contribution in [3.8, 4) is 0 Å². The van der Waals surface area contributed by atoms with E-state index in [1.807, 2.05) is 6.92 Å². The van der Waals surface area contributed by atoms with Crippen molar-refractivity contribution in [3.63, 3.8) is 0 Å². The van der Waals surface area contributed by atoms with Crippen LogP contribution in [0.1, 0.15) is 24.2 Å². The molecule has 1 aromatic rings. The van der Waals surface area contributed by atoms with Crippen LogP contribution in [0.5, 0.6) is 0 Å². The Hall–Kier alpha value is -2.69. The molecule has 0 aliphatic heterocycles. The van der Waals surface area contributed by atoms with Gasteiger partial charge in [-0.15, -0.1) is 0 Å². The molecule has 2 rings (SSSR count). The lowest BCUT2D eigenvalue weighted by molar-refractivity contribution is -0.111. The lowest BCUT2D eigenvalue weighted by atomic mass is 10.0. The molecule has 1 amide bonds. The Morgan fingerprint density at radius 3 is 2.55 bits per heavy atom. The van der Waals surface area contributed by atoms with Crippen LogP contribution in [0.4, 0.5) is 0 Å². The van der Waals surface area contributed by atoms with Crippen molar-refractivity contribution in [3.05, 3.63) is 65.2 Å². The Labute approximate surface area is 117 Å². The van der Waals surface area contributed by atoms with E-state index in [4.69, 9.17) is 0 Å². The summed E-state index contributed by atoms with van der Waals surface area (Å²) < 4.78 is 0. The lowest BCUT2D eigenvalue weighted by Gasteiger charge is -2.13. The number of nitrogens with one attached hydrogen (secondary N) is 2. The number of hydrogen-bond donors (Lipinski definition) is 2. The average molecular weight is 269 g/mol. The van der Waals surface area contributed by atoms with E-state index in [9.17, 15) is 9.59 Å². The van der Waals surface area contributed by atoms with Gasteiger partial charge in [0, 0.05) is 29.2 Å². The molecule has 2 N–H and O–H groups in total. The number of carbonyl (C=O) groups is 2. The molecule has 0 unspecified atom stereocenters. The van der Waals surface area contributed by atoms with Crippen LogP contribution in [0.2, 0.25) is 0 Å². The lowest BCUT2D eigenvalue weighted by Crippen LogP contribution is -2.37. The third-order valence-electron chi connectivity index (χ3n) is 2.85. The van der Waals surface area contributed by atoms with Gasteiger partial charge in [0.1, 0.15) is 0 Å². The Morgan fingerprint density at radius 2 is 1.85 bits per heavy atom. The first-order chi connectivity index (χ1) is 9.58. The molecular weight excluding hydrogens is 254 g/mol. The highest BCUT2D eigenvalue weighted by Crippen LogP contribution is 2.14. The second-order valence-corrected chi connectivity index (χ2v) is 4.44. The van der Waals surface area contributed by atoms with E-state index in [1.54, 1.807) is 43.6 Å². The van der Waals surface area contributed by atoms with Gasteiger partial charge in [0.15, 0.2) is 5.78 Å². The molecule has 1 aromatic heterocycles. The summed E-state index contributed by atoms with van der Waals surface area (Å²) in [6, 6.07) is 3.22. The predicted molar refractivity (Wildman–Crippen MR) is 75.4 cm³/mol. The Kier molecular flexibility index (Phi) is 4.10. The standard InChI is InChI=1S/C15H15N3O2/c1-10-3-4-14(19)13(9-10)11(2)17-18-15(20)12-5-7-16-8-6-12/h3-9,17H,1-2H3,(H,18,20)/b13-11-. The molecule has 0 atom stereocenters. The predicted octanol–water partition coefficient (Wildman–Crippen LogP) is 1.68. The quantitative estimate of drug-likeness (QED) is 0.647. The summed E-state index contributed by atoms with van der Waals surface area (Å²) in [5.41, 5.74) is 7.93. The van der Waals surface area contributed by atoms with Crippen molar-refractivity contribution < 1.29 is 9.59 Å². The van der Waals surface area contributed by atoms with Gasteiger partial charge in [-0.2, -0.15) is 0 Å². The fraction of sp³-hybridized carbons (Fsp3) is 0.133. The number of pyridine rings is 1. The molecule has 1 aliphatic carbocycles. The number of aromatic nitrogens is 1. The van der Waals surface area contributed by atoms with Crippen LogP contribution in [0, 0.1) is 0 Å². The molecule has 102 valence electrons. The fourth-order valence-corrected chi connectivity index (χ4v) is 1.73. The number of ketones is 1. The highest BCUT2D eigenvalue weighted by atomic mass is 16.2. The van der Waals surface area contributed by atoms with Crippen LogP contribution in [0.15, 0.2) is 59.6 Å². The largest absolute Gasteiger partial charge is 0.302 e. The minimum atomic E-state index is -0.285. The summed E-state index contributed by atoms with van der Waals surface area (Å²) in [7, 11) is 0. The van der Waals surface area contributed by atoms with Crippen LogP contribution in [0.25, 0.3) is 0 Å². The van der Waals surface area contributed by atoms with Crippen LogP contribution in [-0.4, -0.2) is 16.7 Å². The minimum absolute atomic E-state index is 0.0845. The van der Waals surface area contributed by atoms with E-state index in [0.717, 1.165) is 5.57 Å². The zero-order valence-corrected chi connectivity index (χ0v) is 11.3. The number of hydrogen-bond acceptors (Lipinski definition) is 4.